The molecule has 2 amide bonds. The van der Waals surface area contributed by atoms with E-state index in [1.165, 1.54) is 0 Å². The number of unbranched alkanes of at least 4 members (excludes halogenated alkanes) is 2. The highest BCUT2D eigenvalue weighted by Crippen LogP contribution is 2.09. The fourth-order valence-corrected chi connectivity index (χ4v) is 2.02. The second-order valence-electron chi connectivity index (χ2n) is 5.48. The first kappa shape index (κ1) is 20.9. The Hall–Kier alpha value is -2.12. The van der Waals surface area contributed by atoms with E-state index in [-0.39, 0.29) is 24.8 Å². The van der Waals surface area contributed by atoms with Gasteiger partial charge in [-0.15, -0.1) is 0 Å². The molecule has 0 saturated carbocycles. The molecular weight excluding hydrogens is 304 g/mol. The number of nitrogens with zero attached hydrogens (tertiary/aromatic N) is 1. The number of carboxylic acid groups (broad SMARTS) is 2. The standard InChI is InChI=1S/C15H26N2O6/c1-3-4-5-6-11(2)15(23)16-8-7-12(18)17(9-13(19)20)10-14(21)22/h11H,3-10H2,1-2H3,(H,16,23)(H,19,20)(H,21,22). The quantitative estimate of drug-likeness (QED) is 0.453. The van der Waals surface area contributed by atoms with Gasteiger partial charge in [-0.2, -0.15) is 0 Å². The lowest BCUT2D eigenvalue weighted by Gasteiger charge is -2.19. The molecule has 8 nitrogen and oxygen atoms in total. The van der Waals surface area contributed by atoms with Gasteiger partial charge in [0.25, 0.3) is 0 Å². The maximum Gasteiger partial charge on any atom is 0.323 e. The average molecular weight is 330 g/mol. The van der Waals surface area contributed by atoms with Gasteiger partial charge in [0.15, 0.2) is 0 Å². The van der Waals surface area contributed by atoms with Crippen LogP contribution in [0.4, 0.5) is 0 Å². The van der Waals surface area contributed by atoms with Crippen LogP contribution < -0.4 is 5.32 Å². The van der Waals surface area contributed by atoms with Crippen molar-refractivity contribution >= 4 is 23.8 Å². The van der Waals surface area contributed by atoms with E-state index in [0.29, 0.717) is 0 Å². The number of aliphatic carboxylic acids is 2. The van der Waals surface area contributed by atoms with Crippen molar-refractivity contribution in [2.75, 3.05) is 19.6 Å². The highest BCUT2D eigenvalue weighted by atomic mass is 16.4. The minimum atomic E-state index is -1.28. The van der Waals surface area contributed by atoms with Crippen LogP contribution in [-0.4, -0.2) is 58.5 Å². The molecule has 0 saturated heterocycles. The first-order valence-electron chi connectivity index (χ1n) is 7.77. The first-order valence-corrected chi connectivity index (χ1v) is 7.77. The molecule has 23 heavy (non-hydrogen) atoms. The summed E-state index contributed by atoms with van der Waals surface area (Å²) in [5.41, 5.74) is 0. The van der Waals surface area contributed by atoms with Crippen LogP contribution in [-0.2, 0) is 19.2 Å². The third kappa shape index (κ3) is 10.3. The zero-order valence-electron chi connectivity index (χ0n) is 13.7. The lowest BCUT2D eigenvalue weighted by molar-refractivity contribution is -0.149. The number of amides is 2. The molecule has 0 aliphatic carbocycles. The molecule has 0 heterocycles. The van der Waals surface area contributed by atoms with Crippen LogP contribution in [0, 0.1) is 5.92 Å². The number of carboxylic acids is 2. The van der Waals surface area contributed by atoms with E-state index in [2.05, 4.69) is 12.2 Å². The van der Waals surface area contributed by atoms with E-state index in [0.717, 1.165) is 30.6 Å². The summed E-state index contributed by atoms with van der Waals surface area (Å²) >= 11 is 0. The van der Waals surface area contributed by atoms with Crippen LogP contribution in [0.15, 0.2) is 0 Å². The van der Waals surface area contributed by atoms with Crippen LogP contribution in [0.5, 0.6) is 0 Å². The smallest absolute Gasteiger partial charge is 0.323 e. The fraction of sp³-hybridized carbons (Fsp3) is 0.733. The third-order valence-electron chi connectivity index (χ3n) is 3.33. The van der Waals surface area contributed by atoms with Gasteiger partial charge in [-0.3, -0.25) is 19.2 Å². The van der Waals surface area contributed by atoms with E-state index in [9.17, 15) is 19.2 Å². The molecule has 1 atom stereocenters. The molecule has 132 valence electrons. The Morgan fingerprint density at radius 2 is 1.61 bits per heavy atom. The molecule has 8 heteroatoms. The van der Waals surface area contributed by atoms with Gasteiger partial charge in [0.2, 0.25) is 11.8 Å². The number of nitrogens with one attached hydrogen (secondary N) is 1. The zero-order valence-corrected chi connectivity index (χ0v) is 13.7. The van der Waals surface area contributed by atoms with Gasteiger partial charge in [0.05, 0.1) is 0 Å². The van der Waals surface area contributed by atoms with Crippen LogP contribution in [0.25, 0.3) is 0 Å². The zero-order chi connectivity index (χ0) is 17.8. The fourth-order valence-electron chi connectivity index (χ4n) is 2.02. The molecule has 0 rings (SSSR count). The van der Waals surface area contributed by atoms with Crippen LogP contribution >= 0.6 is 0 Å². The second kappa shape index (κ2) is 11.4. The van der Waals surface area contributed by atoms with Crippen molar-refractivity contribution in [1.29, 1.82) is 0 Å². The first-order chi connectivity index (χ1) is 10.8. The van der Waals surface area contributed by atoms with Crippen molar-refractivity contribution in [3.05, 3.63) is 0 Å². The van der Waals surface area contributed by atoms with Crippen molar-refractivity contribution in [3.8, 4) is 0 Å². The van der Waals surface area contributed by atoms with Crippen molar-refractivity contribution in [3.63, 3.8) is 0 Å². The van der Waals surface area contributed by atoms with Crippen molar-refractivity contribution in [2.45, 2.75) is 46.0 Å². The summed E-state index contributed by atoms with van der Waals surface area (Å²) in [5, 5.41) is 20.0. The van der Waals surface area contributed by atoms with Crippen LogP contribution in [0.1, 0.15) is 46.0 Å². The summed E-state index contributed by atoms with van der Waals surface area (Å²) in [6.07, 6.45) is 3.75. The molecule has 0 aromatic heterocycles. The summed E-state index contributed by atoms with van der Waals surface area (Å²) in [4.78, 5) is 45.7. The number of carbonyl (C=O) groups excluding carboxylic acids is 2. The van der Waals surface area contributed by atoms with E-state index >= 15 is 0 Å². The van der Waals surface area contributed by atoms with Gasteiger partial charge in [0.1, 0.15) is 13.1 Å². The largest absolute Gasteiger partial charge is 0.480 e. The summed E-state index contributed by atoms with van der Waals surface area (Å²) in [7, 11) is 0. The maximum atomic E-state index is 11.8. The Morgan fingerprint density at radius 1 is 1.04 bits per heavy atom. The van der Waals surface area contributed by atoms with Crippen molar-refractivity contribution < 1.29 is 29.4 Å². The third-order valence-corrected chi connectivity index (χ3v) is 3.33. The summed E-state index contributed by atoms with van der Waals surface area (Å²) in [5.74, 6) is -3.49. The SMILES string of the molecule is CCCCCC(C)C(=O)NCCC(=O)N(CC(=O)O)CC(=O)O. The maximum absolute atomic E-state index is 11.8. The minimum Gasteiger partial charge on any atom is -0.480 e. The molecule has 0 radical (unpaired) electrons. The summed E-state index contributed by atoms with van der Waals surface area (Å²) in [6, 6.07) is 0. The van der Waals surface area contributed by atoms with Gasteiger partial charge in [-0.05, 0) is 6.42 Å². The minimum absolute atomic E-state index is 0.0610. The topological polar surface area (TPSA) is 124 Å². The van der Waals surface area contributed by atoms with Gasteiger partial charge >= 0.3 is 11.9 Å². The average Bonchev–Trinajstić information content (AvgIpc) is 2.45. The van der Waals surface area contributed by atoms with Gasteiger partial charge in [-0.1, -0.05) is 33.1 Å². The van der Waals surface area contributed by atoms with Crippen molar-refractivity contribution in [1.82, 2.24) is 10.2 Å². The lowest BCUT2D eigenvalue weighted by Crippen LogP contribution is -2.41. The van der Waals surface area contributed by atoms with E-state index < -0.39 is 30.9 Å². The molecule has 0 spiro atoms. The molecule has 1 unspecified atom stereocenters. The predicted octanol–water partition coefficient (Wildman–Crippen LogP) is 0.707. The Morgan fingerprint density at radius 3 is 2.09 bits per heavy atom. The van der Waals surface area contributed by atoms with E-state index in [1.807, 2.05) is 6.92 Å². The van der Waals surface area contributed by atoms with E-state index in [1.54, 1.807) is 0 Å². The highest BCUT2D eigenvalue weighted by Gasteiger charge is 2.20. The molecule has 0 aliphatic rings. The predicted molar refractivity (Wildman–Crippen MR) is 82.8 cm³/mol. The Labute approximate surface area is 135 Å². The van der Waals surface area contributed by atoms with Crippen LogP contribution in [0.3, 0.4) is 0 Å². The van der Waals surface area contributed by atoms with Gasteiger partial charge in [-0.25, -0.2) is 0 Å². The van der Waals surface area contributed by atoms with Gasteiger partial charge < -0.3 is 20.4 Å². The van der Waals surface area contributed by atoms with Crippen molar-refractivity contribution in [2.24, 2.45) is 5.92 Å². The highest BCUT2D eigenvalue weighted by molar-refractivity contribution is 5.85. The summed E-state index contributed by atoms with van der Waals surface area (Å²) in [6.45, 7) is 2.61. The number of hydrogen-bond acceptors (Lipinski definition) is 4. The molecule has 0 fully saturated rings. The molecule has 0 aliphatic heterocycles. The normalized spacial score (nSPS) is 11.6. The molecule has 0 bridgehead atoms. The Balaban J connectivity index is 4.21. The number of carbonyl (C=O) groups is 4. The number of rotatable bonds is 12. The van der Waals surface area contributed by atoms with Gasteiger partial charge in [0, 0.05) is 18.9 Å². The molecule has 3 N–H and O–H groups in total. The Kier molecular flexibility index (Phi) is 10.4. The van der Waals surface area contributed by atoms with Crippen LogP contribution in [0.2, 0.25) is 0 Å². The Bertz CT molecular complexity index is 408. The lowest BCUT2D eigenvalue weighted by atomic mass is 10.0. The van der Waals surface area contributed by atoms with E-state index in [4.69, 9.17) is 10.2 Å². The second-order valence-corrected chi connectivity index (χ2v) is 5.48. The molecule has 0 aromatic rings. The monoisotopic (exact) mass is 330 g/mol. The summed E-state index contributed by atoms with van der Waals surface area (Å²) < 4.78 is 0. The molecular formula is C15H26N2O6. The molecule has 0 aromatic carbocycles. The number of hydrogen-bond donors (Lipinski definition) is 3.